The summed E-state index contributed by atoms with van der Waals surface area (Å²) in [6.07, 6.45) is 2.14. The number of ether oxygens (including phenoxy) is 2. The normalized spacial score (nSPS) is 10.6. The molecule has 9 nitrogen and oxygen atoms in total. The van der Waals surface area contributed by atoms with Crippen LogP contribution in [0.2, 0.25) is 0 Å². The molecule has 0 aliphatic carbocycles. The van der Waals surface area contributed by atoms with Crippen molar-refractivity contribution in [3.63, 3.8) is 0 Å². The van der Waals surface area contributed by atoms with Crippen LogP contribution in [0.1, 0.15) is 60.2 Å². The van der Waals surface area contributed by atoms with E-state index in [1.807, 2.05) is 6.92 Å². The first-order chi connectivity index (χ1) is 14.9. The van der Waals surface area contributed by atoms with Gasteiger partial charge in [0.25, 0.3) is 0 Å². The van der Waals surface area contributed by atoms with Crippen LogP contribution >= 0.6 is 0 Å². The van der Waals surface area contributed by atoms with Crippen LogP contribution in [-0.4, -0.2) is 29.3 Å². The number of hydrogen-bond acceptors (Lipinski definition) is 8. The fourth-order valence-corrected chi connectivity index (χ4v) is 2.49. The summed E-state index contributed by atoms with van der Waals surface area (Å²) >= 11 is 0. The SMILES string of the molecule is CCCC(=O)Oc1ccc(N=Nc2ccc(OC(=O)CCC)c(C(=O)O)c2)cc1C=O. The highest BCUT2D eigenvalue weighted by molar-refractivity contribution is 5.93. The molecule has 0 aliphatic heterocycles. The molecule has 0 saturated carbocycles. The van der Waals surface area contributed by atoms with E-state index in [9.17, 15) is 24.3 Å². The number of aldehydes is 1. The highest BCUT2D eigenvalue weighted by Gasteiger charge is 2.15. The molecule has 31 heavy (non-hydrogen) atoms. The summed E-state index contributed by atoms with van der Waals surface area (Å²) in [6.45, 7) is 3.64. The third-order valence-corrected chi connectivity index (χ3v) is 3.95. The minimum Gasteiger partial charge on any atom is -0.478 e. The lowest BCUT2D eigenvalue weighted by molar-refractivity contribution is -0.135. The van der Waals surface area contributed by atoms with Crippen LogP contribution in [0, 0.1) is 0 Å². The largest absolute Gasteiger partial charge is 0.478 e. The maximum Gasteiger partial charge on any atom is 0.339 e. The number of benzene rings is 2. The molecule has 0 amide bonds. The Morgan fingerprint density at radius 3 is 1.90 bits per heavy atom. The van der Waals surface area contributed by atoms with E-state index in [1.165, 1.54) is 36.4 Å². The molecule has 0 fully saturated rings. The Morgan fingerprint density at radius 1 is 0.871 bits per heavy atom. The molecule has 0 spiro atoms. The standard InChI is InChI=1S/C22H22N2O7/c1-3-5-20(26)30-18-9-7-15(11-14(18)13-25)23-24-16-8-10-19(17(12-16)22(28)29)31-21(27)6-4-2/h7-13H,3-6H2,1-2H3,(H,28,29). The molecular formula is C22H22N2O7. The molecule has 2 rings (SSSR count). The van der Waals surface area contributed by atoms with Gasteiger partial charge in [0.2, 0.25) is 0 Å². The third-order valence-electron chi connectivity index (χ3n) is 3.95. The van der Waals surface area contributed by atoms with Gasteiger partial charge in [-0.2, -0.15) is 10.2 Å². The van der Waals surface area contributed by atoms with Gasteiger partial charge in [-0.1, -0.05) is 13.8 Å². The van der Waals surface area contributed by atoms with Gasteiger partial charge >= 0.3 is 17.9 Å². The zero-order valence-electron chi connectivity index (χ0n) is 17.2. The molecule has 1 N–H and O–H groups in total. The predicted molar refractivity (Wildman–Crippen MR) is 110 cm³/mol. The smallest absolute Gasteiger partial charge is 0.339 e. The third kappa shape index (κ3) is 6.84. The Labute approximate surface area is 178 Å². The second kappa shape index (κ2) is 11.3. The lowest BCUT2D eigenvalue weighted by atomic mass is 10.2. The number of carboxylic acids is 1. The van der Waals surface area contributed by atoms with Gasteiger partial charge in [0.1, 0.15) is 17.1 Å². The van der Waals surface area contributed by atoms with Crippen molar-refractivity contribution in [3.8, 4) is 11.5 Å². The average molecular weight is 426 g/mol. The number of nitrogens with zero attached hydrogens (tertiary/aromatic N) is 2. The second-order valence-corrected chi connectivity index (χ2v) is 6.47. The van der Waals surface area contributed by atoms with E-state index >= 15 is 0 Å². The highest BCUT2D eigenvalue weighted by atomic mass is 16.5. The van der Waals surface area contributed by atoms with Crippen LogP contribution in [0.25, 0.3) is 0 Å². The number of carbonyl (C=O) groups excluding carboxylic acids is 3. The molecule has 0 atom stereocenters. The zero-order chi connectivity index (χ0) is 22.8. The topological polar surface area (TPSA) is 132 Å². The van der Waals surface area contributed by atoms with Gasteiger partial charge in [0.05, 0.1) is 16.9 Å². The van der Waals surface area contributed by atoms with E-state index in [0.29, 0.717) is 24.8 Å². The molecule has 0 saturated heterocycles. The lowest BCUT2D eigenvalue weighted by Crippen LogP contribution is -2.10. The van der Waals surface area contributed by atoms with Crippen molar-refractivity contribution in [2.24, 2.45) is 10.2 Å². The summed E-state index contributed by atoms with van der Waals surface area (Å²) in [5.74, 6) is -2.20. The number of carboxylic acid groups (broad SMARTS) is 1. The van der Waals surface area contributed by atoms with Gasteiger partial charge in [0.15, 0.2) is 6.29 Å². The van der Waals surface area contributed by atoms with Crippen LogP contribution in [0.15, 0.2) is 46.6 Å². The number of aromatic carboxylic acids is 1. The van der Waals surface area contributed by atoms with Crippen molar-refractivity contribution >= 4 is 35.6 Å². The average Bonchev–Trinajstić information content (AvgIpc) is 2.73. The summed E-state index contributed by atoms with van der Waals surface area (Å²) in [4.78, 5) is 46.1. The van der Waals surface area contributed by atoms with Crippen LogP contribution in [-0.2, 0) is 9.59 Å². The Morgan fingerprint density at radius 2 is 1.39 bits per heavy atom. The fourth-order valence-electron chi connectivity index (χ4n) is 2.49. The van der Waals surface area contributed by atoms with E-state index in [0.717, 1.165) is 0 Å². The molecule has 0 aromatic heterocycles. The van der Waals surface area contributed by atoms with Crippen molar-refractivity contribution in [1.29, 1.82) is 0 Å². The summed E-state index contributed by atoms with van der Waals surface area (Å²) in [7, 11) is 0. The van der Waals surface area contributed by atoms with E-state index < -0.39 is 17.9 Å². The van der Waals surface area contributed by atoms with Crippen molar-refractivity contribution in [3.05, 3.63) is 47.5 Å². The van der Waals surface area contributed by atoms with E-state index in [4.69, 9.17) is 9.47 Å². The van der Waals surface area contributed by atoms with Gasteiger partial charge in [-0.15, -0.1) is 0 Å². The maximum absolute atomic E-state index is 11.7. The summed E-state index contributed by atoms with van der Waals surface area (Å²) in [6, 6.07) is 8.34. The van der Waals surface area contributed by atoms with E-state index in [1.54, 1.807) is 6.92 Å². The Balaban J connectivity index is 2.23. The molecule has 0 aliphatic rings. The van der Waals surface area contributed by atoms with Crippen molar-refractivity contribution in [2.45, 2.75) is 39.5 Å². The number of azo groups is 1. The van der Waals surface area contributed by atoms with Gasteiger partial charge in [-0.3, -0.25) is 14.4 Å². The first-order valence-corrected chi connectivity index (χ1v) is 9.67. The van der Waals surface area contributed by atoms with Crippen LogP contribution in [0.3, 0.4) is 0 Å². The molecule has 0 bridgehead atoms. The highest BCUT2D eigenvalue weighted by Crippen LogP contribution is 2.28. The maximum atomic E-state index is 11.7. The molecule has 2 aromatic rings. The Bertz CT molecular complexity index is 1010. The molecule has 0 heterocycles. The first-order valence-electron chi connectivity index (χ1n) is 9.67. The second-order valence-electron chi connectivity index (χ2n) is 6.47. The Kier molecular flexibility index (Phi) is 8.56. The van der Waals surface area contributed by atoms with Gasteiger partial charge in [0, 0.05) is 12.8 Å². The van der Waals surface area contributed by atoms with Crippen molar-refractivity contribution < 1.29 is 33.8 Å². The van der Waals surface area contributed by atoms with Crippen molar-refractivity contribution in [2.75, 3.05) is 0 Å². The van der Waals surface area contributed by atoms with Crippen LogP contribution < -0.4 is 9.47 Å². The van der Waals surface area contributed by atoms with Gasteiger partial charge < -0.3 is 14.6 Å². The summed E-state index contributed by atoms with van der Waals surface area (Å²) in [5, 5.41) is 17.3. The molecular weight excluding hydrogens is 404 g/mol. The van der Waals surface area contributed by atoms with E-state index in [-0.39, 0.29) is 41.2 Å². The van der Waals surface area contributed by atoms with Gasteiger partial charge in [-0.05, 0) is 49.2 Å². The quantitative estimate of drug-likeness (QED) is 0.244. The first kappa shape index (κ1) is 23.4. The molecule has 2 aromatic carbocycles. The molecule has 0 radical (unpaired) electrons. The van der Waals surface area contributed by atoms with Crippen LogP contribution in [0.5, 0.6) is 11.5 Å². The molecule has 0 unspecified atom stereocenters. The zero-order valence-corrected chi connectivity index (χ0v) is 17.2. The molecule has 162 valence electrons. The number of rotatable bonds is 10. The molecule has 9 heteroatoms. The predicted octanol–water partition coefficient (Wildman–Crippen LogP) is 5.02. The minimum absolute atomic E-state index is 0.0774. The Hall–Kier alpha value is -3.88. The lowest BCUT2D eigenvalue weighted by Gasteiger charge is -2.08. The summed E-state index contributed by atoms with van der Waals surface area (Å²) in [5.41, 5.74) is 0.407. The number of hydrogen-bond donors (Lipinski definition) is 1. The minimum atomic E-state index is -1.28. The van der Waals surface area contributed by atoms with Crippen molar-refractivity contribution in [1.82, 2.24) is 0 Å². The fraction of sp³-hybridized carbons (Fsp3) is 0.273. The van der Waals surface area contributed by atoms with E-state index in [2.05, 4.69) is 10.2 Å². The van der Waals surface area contributed by atoms with Gasteiger partial charge in [-0.25, -0.2) is 4.79 Å². The monoisotopic (exact) mass is 426 g/mol. The summed E-state index contributed by atoms with van der Waals surface area (Å²) < 4.78 is 10.2. The van der Waals surface area contributed by atoms with Crippen LogP contribution in [0.4, 0.5) is 11.4 Å². The number of esters is 2. The number of carbonyl (C=O) groups is 4.